The van der Waals surface area contributed by atoms with Gasteiger partial charge in [-0.25, -0.2) is 0 Å². The van der Waals surface area contributed by atoms with Gasteiger partial charge in [-0.15, -0.1) is 0 Å². The molecule has 1 aromatic carbocycles. The van der Waals surface area contributed by atoms with Crippen LogP contribution < -0.4 is 5.32 Å². The van der Waals surface area contributed by atoms with E-state index in [2.05, 4.69) is 10.3 Å². The van der Waals surface area contributed by atoms with Crippen LogP contribution in [0.2, 0.25) is 0 Å². The third kappa shape index (κ3) is 4.24. The SMILES string of the molecule is O=C(NCc1ccnc(-c2ccsc2)c1)c1ccc(C(F)(F)F)cc1. The average molecular weight is 362 g/mol. The Bertz CT molecular complexity index is 859. The van der Waals surface area contributed by atoms with Gasteiger partial charge in [-0.3, -0.25) is 9.78 Å². The number of thiophene rings is 1. The summed E-state index contributed by atoms with van der Waals surface area (Å²) in [5.74, 6) is -0.428. The number of benzene rings is 1. The lowest BCUT2D eigenvalue weighted by Gasteiger charge is -2.09. The third-order valence-electron chi connectivity index (χ3n) is 3.57. The van der Waals surface area contributed by atoms with E-state index in [0.717, 1.165) is 29.0 Å². The number of aromatic nitrogens is 1. The number of rotatable bonds is 4. The number of hydrogen-bond acceptors (Lipinski definition) is 3. The summed E-state index contributed by atoms with van der Waals surface area (Å²) in [6.45, 7) is 0.263. The molecule has 0 saturated carbocycles. The van der Waals surface area contributed by atoms with E-state index in [4.69, 9.17) is 0 Å². The van der Waals surface area contributed by atoms with Gasteiger partial charge in [0.25, 0.3) is 5.91 Å². The van der Waals surface area contributed by atoms with Crippen molar-refractivity contribution in [3.8, 4) is 11.3 Å². The van der Waals surface area contributed by atoms with Gasteiger partial charge in [0, 0.05) is 29.2 Å². The van der Waals surface area contributed by atoms with Crippen molar-refractivity contribution < 1.29 is 18.0 Å². The fourth-order valence-electron chi connectivity index (χ4n) is 2.25. The van der Waals surface area contributed by atoms with Crippen LogP contribution in [0.3, 0.4) is 0 Å². The molecule has 0 aliphatic rings. The maximum Gasteiger partial charge on any atom is 0.416 e. The molecular formula is C18H13F3N2OS. The second-order valence-corrected chi connectivity index (χ2v) is 6.10. The lowest BCUT2D eigenvalue weighted by Crippen LogP contribution is -2.23. The van der Waals surface area contributed by atoms with Crippen molar-refractivity contribution in [1.82, 2.24) is 10.3 Å². The monoisotopic (exact) mass is 362 g/mol. The molecule has 0 spiro atoms. The molecule has 0 atom stereocenters. The summed E-state index contributed by atoms with van der Waals surface area (Å²) < 4.78 is 37.6. The standard InChI is InChI=1S/C18H13F3N2OS/c19-18(20,21)15-3-1-13(2-4-15)17(24)23-10-12-5-7-22-16(9-12)14-6-8-25-11-14/h1-9,11H,10H2,(H,23,24). The minimum atomic E-state index is -4.41. The van der Waals surface area contributed by atoms with Crippen molar-refractivity contribution in [3.05, 3.63) is 76.1 Å². The van der Waals surface area contributed by atoms with Crippen LogP contribution >= 0.6 is 11.3 Å². The quantitative estimate of drug-likeness (QED) is 0.727. The number of amides is 1. The van der Waals surface area contributed by atoms with E-state index in [1.807, 2.05) is 22.9 Å². The maximum atomic E-state index is 12.5. The first-order chi connectivity index (χ1) is 11.9. The van der Waals surface area contributed by atoms with Gasteiger partial charge in [0.15, 0.2) is 0 Å². The van der Waals surface area contributed by atoms with Gasteiger partial charge in [-0.1, -0.05) is 0 Å². The fourth-order valence-corrected chi connectivity index (χ4v) is 2.90. The summed E-state index contributed by atoms with van der Waals surface area (Å²) in [5.41, 5.74) is 2.07. The molecule has 1 amide bonds. The van der Waals surface area contributed by atoms with Crippen LogP contribution in [0.1, 0.15) is 21.5 Å². The molecule has 0 fully saturated rings. The predicted molar refractivity (Wildman–Crippen MR) is 90.2 cm³/mol. The molecule has 2 heterocycles. The van der Waals surface area contributed by atoms with E-state index in [1.54, 1.807) is 23.6 Å². The third-order valence-corrected chi connectivity index (χ3v) is 4.25. The number of hydrogen-bond donors (Lipinski definition) is 1. The molecule has 3 rings (SSSR count). The van der Waals surface area contributed by atoms with Gasteiger partial charge in [-0.2, -0.15) is 24.5 Å². The van der Waals surface area contributed by atoms with Gasteiger partial charge >= 0.3 is 6.18 Å². The first-order valence-electron chi connectivity index (χ1n) is 7.36. The lowest BCUT2D eigenvalue weighted by atomic mass is 10.1. The lowest BCUT2D eigenvalue weighted by molar-refractivity contribution is -0.137. The van der Waals surface area contributed by atoms with Crippen molar-refractivity contribution in [2.24, 2.45) is 0 Å². The largest absolute Gasteiger partial charge is 0.416 e. The van der Waals surface area contributed by atoms with Crippen LogP contribution in [0.25, 0.3) is 11.3 Å². The summed E-state index contributed by atoms with van der Waals surface area (Å²) in [5, 5.41) is 6.63. The fraction of sp³-hybridized carbons (Fsp3) is 0.111. The first kappa shape index (κ1) is 17.2. The molecule has 25 heavy (non-hydrogen) atoms. The van der Waals surface area contributed by atoms with Crippen LogP contribution in [0.15, 0.2) is 59.4 Å². The summed E-state index contributed by atoms with van der Waals surface area (Å²) in [6.07, 6.45) is -2.75. The Hall–Kier alpha value is -2.67. The minimum Gasteiger partial charge on any atom is -0.348 e. The van der Waals surface area contributed by atoms with E-state index in [0.29, 0.717) is 0 Å². The highest BCUT2D eigenvalue weighted by atomic mass is 32.1. The molecule has 1 N–H and O–H groups in total. The highest BCUT2D eigenvalue weighted by molar-refractivity contribution is 7.08. The molecule has 128 valence electrons. The van der Waals surface area contributed by atoms with Crippen molar-refractivity contribution in [1.29, 1.82) is 0 Å². The molecular weight excluding hydrogens is 349 g/mol. The molecule has 0 saturated heterocycles. The van der Waals surface area contributed by atoms with E-state index >= 15 is 0 Å². The Balaban J connectivity index is 1.65. The Morgan fingerprint density at radius 3 is 2.52 bits per heavy atom. The second-order valence-electron chi connectivity index (χ2n) is 5.32. The Labute approximate surface area is 146 Å². The maximum absolute atomic E-state index is 12.5. The number of carbonyl (C=O) groups is 1. The van der Waals surface area contributed by atoms with Crippen LogP contribution in [-0.2, 0) is 12.7 Å². The zero-order chi connectivity index (χ0) is 17.9. The molecule has 3 aromatic rings. The molecule has 3 nitrogen and oxygen atoms in total. The zero-order valence-electron chi connectivity index (χ0n) is 12.9. The molecule has 0 radical (unpaired) electrons. The van der Waals surface area contributed by atoms with Gasteiger partial charge in [0.05, 0.1) is 11.3 Å². The van der Waals surface area contributed by atoms with Gasteiger partial charge in [0.1, 0.15) is 0 Å². The highest BCUT2D eigenvalue weighted by Gasteiger charge is 2.30. The zero-order valence-corrected chi connectivity index (χ0v) is 13.7. The van der Waals surface area contributed by atoms with E-state index < -0.39 is 17.6 Å². The van der Waals surface area contributed by atoms with Gasteiger partial charge < -0.3 is 5.32 Å². The second kappa shape index (κ2) is 7.06. The molecule has 0 unspecified atom stereocenters. The molecule has 7 heteroatoms. The summed E-state index contributed by atoms with van der Waals surface area (Å²) in [6, 6.07) is 9.74. The van der Waals surface area contributed by atoms with Crippen molar-refractivity contribution >= 4 is 17.2 Å². The highest BCUT2D eigenvalue weighted by Crippen LogP contribution is 2.29. The van der Waals surface area contributed by atoms with E-state index in [9.17, 15) is 18.0 Å². The number of nitrogens with one attached hydrogen (secondary N) is 1. The molecule has 0 aliphatic carbocycles. The van der Waals surface area contributed by atoms with Crippen LogP contribution in [0.4, 0.5) is 13.2 Å². The van der Waals surface area contributed by atoms with Crippen molar-refractivity contribution in [3.63, 3.8) is 0 Å². The number of halogens is 3. The number of pyridine rings is 1. The van der Waals surface area contributed by atoms with E-state index in [1.165, 1.54) is 12.1 Å². The van der Waals surface area contributed by atoms with Crippen LogP contribution in [-0.4, -0.2) is 10.9 Å². The van der Waals surface area contributed by atoms with Crippen LogP contribution in [0, 0.1) is 0 Å². The Morgan fingerprint density at radius 2 is 1.88 bits per heavy atom. The van der Waals surface area contributed by atoms with Crippen LogP contribution in [0.5, 0.6) is 0 Å². The smallest absolute Gasteiger partial charge is 0.348 e. The Kier molecular flexibility index (Phi) is 4.85. The summed E-state index contributed by atoms with van der Waals surface area (Å²) >= 11 is 1.57. The van der Waals surface area contributed by atoms with Gasteiger partial charge in [-0.05, 0) is 53.4 Å². The van der Waals surface area contributed by atoms with E-state index in [-0.39, 0.29) is 12.1 Å². The number of carbonyl (C=O) groups excluding carboxylic acids is 1. The summed E-state index contributed by atoms with van der Waals surface area (Å²) in [4.78, 5) is 16.4. The number of nitrogens with zero attached hydrogens (tertiary/aromatic N) is 1. The van der Waals surface area contributed by atoms with Crippen molar-refractivity contribution in [2.45, 2.75) is 12.7 Å². The topological polar surface area (TPSA) is 42.0 Å². The minimum absolute atomic E-state index is 0.181. The first-order valence-corrected chi connectivity index (χ1v) is 8.31. The normalized spacial score (nSPS) is 11.3. The van der Waals surface area contributed by atoms with Crippen molar-refractivity contribution in [2.75, 3.05) is 0 Å². The Morgan fingerprint density at radius 1 is 1.12 bits per heavy atom. The molecule has 2 aromatic heterocycles. The van der Waals surface area contributed by atoms with Gasteiger partial charge in [0.2, 0.25) is 0 Å². The predicted octanol–water partition coefficient (Wildman–Crippen LogP) is 4.76. The average Bonchev–Trinajstić information content (AvgIpc) is 3.14. The summed E-state index contributed by atoms with van der Waals surface area (Å²) in [7, 11) is 0. The number of alkyl halides is 3. The molecule has 0 bridgehead atoms. The molecule has 0 aliphatic heterocycles.